The van der Waals surface area contributed by atoms with Gasteiger partial charge in [-0.2, -0.15) is 0 Å². The minimum atomic E-state index is -0.221. The van der Waals surface area contributed by atoms with E-state index >= 15 is 0 Å². The fourth-order valence-corrected chi connectivity index (χ4v) is 3.85. The largest absolute Gasteiger partial charge is 0.348 e. The first-order valence-corrected chi connectivity index (χ1v) is 7.66. The third-order valence-corrected chi connectivity index (χ3v) is 5.05. The molecule has 2 saturated heterocycles. The van der Waals surface area contributed by atoms with E-state index in [1.54, 1.807) is 5.01 Å². The van der Waals surface area contributed by atoms with Crippen molar-refractivity contribution in [3.05, 3.63) is 4.91 Å². The molecule has 5 heteroatoms. The van der Waals surface area contributed by atoms with Gasteiger partial charge in [-0.15, -0.1) is 4.91 Å². The van der Waals surface area contributed by atoms with Crippen molar-refractivity contribution in [3.8, 4) is 0 Å². The minimum absolute atomic E-state index is 0.221. The van der Waals surface area contributed by atoms with E-state index in [-0.39, 0.29) is 5.79 Å². The number of piperidine rings is 1. The Kier molecular flexibility index (Phi) is 4.03. The Labute approximate surface area is 114 Å². The summed E-state index contributed by atoms with van der Waals surface area (Å²) < 4.78 is 11.5. The summed E-state index contributed by atoms with van der Waals surface area (Å²) in [5.41, 5.74) is 0. The maximum Gasteiger partial charge on any atom is 0.168 e. The second-order valence-electron chi connectivity index (χ2n) is 6.27. The number of hydrogen-bond acceptors (Lipinski definition) is 4. The van der Waals surface area contributed by atoms with Crippen molar-refractivity contribution in [3.63, 3.8) is 0 Å². The van der Waals surface area contributed by atoms with Crippen molar-refractivity contribution in [2.24, 2.45) is 17.1 Å². The Balaban J connectivity index is 1.41. The smallest absolute Gasteiger partial charge is 0.168 e. The van der Waals surface area contributed by atoms with Crippen LogP contribution in [-0.2, 0) is 9.47 Å². The molecule has 0 bridgehead atoms. The third-order valence-electron chi connectivity index (χ3n) is 5.05. The van der Waals surface area contributed by atoms with Crippen molar-refractivity contribution in [1.82, 2.24) is 5.01 Å². The molecule has 3 fully saturated rings. The monoisotopic (exact) mass is 268 g/mol. The van der Waals surface area contributed by atoms with Gasteiger partial charge in [-0.3, -0.25) is 5.01 Å². The molecule has 0 aromatic rings. The van der Waals surface area contributed by atoms with E-state index in [0.717, 1.165) is 63.8 Å². The first-order chi connectivity index (χ1) is 9.30. The fraction of sp³-hybridized carbons (Fsp3) is 1.00. The molecule has 5 nitrogen and oxygen atoms in total. The number of rotatable bonds is 3. The molecule has 0 aromatic carbocycles. The molecule has 2 heterocycles. The van der Waals surface area contributed by atoms with Gasteiger partial charge >= 0.3 is 0 Å². The Morgan fingerprint density at radius 2 is 1.58 bits per heavy atom. The molecule has 0 unspecified atom stereocenters. The highest BCUT2D eigenvalue weighted by atomic mass is 16.7. The van der Waals surface area contributed by atoms with E-state index in [0.29, 0.717) is 0 Å². The average molecular weight is 268 g/mol. The van der Waals surface area contributed by atoms with Crippen LogP contribution in [0.2, 0.25) is 0 Å². The van der Waals surface area contributed by atoms with Crippen LogP contribution >= 0.6 is 0 Å². The van der Waals surface area contributed by atoms with Crippen LogP contribution < -0.4 is 0 Å². The lowest BCUT2D eigenvalue weighted by molar-refractivity contribution is -0.183. The predicted molar refractivity (Wildman–Crippen MR) is 71.3 cm³/mol. The standard InChI is InChI=1S/C14H24N2O3/c17-15-16-7-3-13(4-8-16)11-12-1-5-14(6-2-12)18-9-10-19-14/h12-13H,1-11H2. The van der Waals surface area contributed by atoms with Gasteiger partial charge in [0.1, 0.15) is 0 Å². The molecular weight excluding hydrogens is 244 g/mol. The maximum atomic E-state index is 10.4. The van der Waals surface area contributed by atoms with E-state index < -0.39 is 0 Å². The zero-order valence-corrected chi connectivity index (χ0v) is 11.6. The molecule has 0 atom stereocenters. The molecule has 1 aliphatic carbocycles. The molecule has 0 N–H and O–H groups in total. The summed E-state index contributed by atoms with van der Waals surface area (Å²) in [5, 5.41) is 4.69. The van der Waals surface area contributed by atoms with Gasteiger partial charge in [-0.25, -0.2) is 0 Å². The Morgan fingerprint density at radius 1 is 1.00 bits per heavy atom. The molecular formula is C14H24N2O3. The van der Waals surface area contributed by atoms with Crippen LogP contribution in [0.3, 0.4) is 0 Å². The van der Waals surface area contributed by atoms with E-state index in [4.69, 9.17) is 9.47 Å². The zero-order valence-electron chi connectivity index (χ0n) is 11.6. The van der Waals surface area contributed by atoms with Crippen LogP contribution in [0.5, 0.6) is 0 Å². The van der Waals surface area contributed by atoms with E-state index in [1.165, 1.54) is 19.3 Å². The first kappa shape index (κ1) is 13.3. The van der Waals surface area contributed by atoms with E-state index in [1.807, 2.05) is 0 Å². The van der Waals surface area contributed by atoms with Gasteiger partial charge < -0.3 is 9.47 Å². The second-order valence-corrected chi connectivity index (χ2v) is 6.27. The van der Waals surface area contributed by atoms with Gasteiger partial charge in [-0.05, 0) is 43.9 Å². The maximum absolute atomic E-state index is 10.4. The summed E-state index contributed by atoms with van der Waals surface area (Å²) >= 11 is 0. The van der Waals surface area contributed by atoms with Crippen LogP contribution in [0.15, 0.2) is 5.29 Å². The number of nitroso groups, excluding NO2 is 1. The van der Waals surface area contributed by atoms with Crippen molar-refractivity contribution in [1.29, 1.82) is 0 Å². The quantitative estimate of drug-likeness (QED) is 0.738. The van der Waals surface area contributed by atoms with Crippen LogP contribution in [0.4, 0.5) is 0 Å². The summed E-state index contributed by atoms with van der Waals surface area (Å²) in [5.74, 6) is 1.38. The summed E-state index contributed by atoms with van der Waals surface area (Å²) in [4.78, 5) is 10.4. The average Bonchev–Trinajstić information content (AvgIpc) is 2.91. The van der Waals surface area contributed by atoms with Gasteiger partial charge in [0.2, 0.25) is 0 Å². The molecule has 0 aromatic heterocycles. The lowest BCUT2D eigenvalue weighted by Gasteiger charge is -2.37. The SMILES string of the molecule is O=NN1CCC(CC2CCC3(CC2)OCCO3)CC1. The van der Waals surface area contributed by atoms with Crippen LogP contribution in [0.1, 0.15) is 44.9 Å². The number of nitrogens with zero attached hydrogens (tertiary/aromatic N) is 2. The molecule has 108 valence electrons. The van der Waals surface area contributed by atoms with Crippen LogP contribution in [0, 0.1) is 16.7 Å². The fourth-order valence-electron chi connectivity index (χ4n) is 3.85. The molecule has 19 heavy (non-hydrogen) atoms. The molecule has 0 radical (unpaired) electrons. The predicted octanol–water partition coefficient (Wildman–Crippen LogP) is 2.70. The Hall–Kier alpha value is -0.680. The van der Waals surface area contributed by atoms with Gasteiger partial charge in [0.15, 0.2) is 5.79 Å². The lowest BCUT2D eigenvalue weighted by Crippen LogP contribution is -2.36. The van der Waals surface area contributed by atoms with Gasteiger partial charge in [0.25, 0.3) is 0 Å². The molecule has 2 aliphatic heterocycles. The summed E-state index contributed by atoms with van der Waals surface area (Å²) in [7, 11) is 0. The zero-order chi connectivity index (χ0) is 13.1. The highest BCUT2D eigenvalue weighted by Crippen LogP contribution is 2.41. The third kappa shape index (κ3) is 3.08. The molecule has 3 rings (SSSR count). The number of hydrogen-bond donors (Lipinski definition) is 0. The Bertz CT molecular complexity index is 300. The normalized spacial score (nSPS) is 28.9. The molecule has 0 amide bonds. The Morgan fingerprint density at radius 3 is 2.16 bits per heavy atom. The van der Waals surface area contributed by atoms with E-state index in [9.17, 15) is 4.91 Å². The van der Waals surface area contributed by atoms with E-state index in [2.05, 4.69) is 5.29 Å². The second kappa shape index (κ2) is 5.75. The summed E-state index contributed by atoms with van der Waals surface area (Å²) in [6.07, 6.45) is 8.14. The van der Waals surface area contributed by atoms with Crippen molar-refractivity contribution < 1.29 is 9.47 Å². The molecule has 3 aliphatic rings. The first-order valence-electron chi connectivity index (χ1n) is 7.66. The molecule has 1 spiro atoms. The van der Waals surface area contributed by atoms with Gasteiger partial charge in [-0.1, -0.05) is 0 Å². The van der Waals surface area contributed by atoms with Gasteiger partial charge in [0, 0.05) is 25.9 Å². The van der Waals surface area contributed by atoms with Gasteiger partial charge in [0.05, 0.1) is 18.5 Å². The topological polar surface area (TPSA) is 51.1 Å². The minimum Gasteiger partial charge on any atom is -0.348 e. The van der Waals surface area contributed by atoms with Crippen LogP contribution in [-0.4, -0.2) is 37.1 Å². The van der Waals surface area contributed by atoms with Crippen molar-refractivity contribution in [2.75, 3.05) is 26.3 Å². The number of ether oxygens (including phenoxy) is 2. The highest BCUT2D eigenvalue weighted by molar-refractivity contribution is 4.84. The molecule has 1 saturated carbocycles. The van der Waals surface area contributed by atoms with Crippen molar-refractivity contribution >= 4 is 0 Å². The van der Waals surface area contributed by atoms with Crippen LogP contribution in [0.25, 0.3) is 0 Å². The lowest BCUT2D eigenvalue weighted by atomic mass is 9.78. The summed E-state index contributed by atoms with van der Waals surface area (Å²) in [6, 6.07) is 0. The summed E-state index contributed by atoms with van der Waals surface area (Å²) in [6.45, 7) is 3.22. The van der Waals surface area contributed by atoms with Crippen molar-refractivity contribution in [2.45, 2.75) is 50.7 Å². The highest BCUT2D eigenvalue weighted by Gasteiger charge is 2.40.